The fourth-order valence-corrected chi connectivity index (χ4v) is 2.60. The number of nitrogens with zero attached hydrogens (tertiary/aromatic N) is 3. The topological polar surface area (TPSA) is 62.7 Å². The fraction of sp³-hybridized carbons (Fsp3) is 0.438. The minimum absolute atomic E-state index is 0.116. The summed E-state index contributed by atoms with van der Waals surface area (Å²) in [7, 11) is 0. The highest BCUT2D eigenvalue weighted by molar-refractivity contribution is 7.98. The van der Waals surface area contributed by atoms with Crippen LogP contribution in [-0.2, 0) is 11.2 Å². The first kappa shape index (κ1) is 15.6. The molecule has 0 saturated heterocycles. The number of rotatable bonds is 4. The molecule has 1 heterocycles. The second-order valence-corrected chi connectivity index (χ2v) is 7.27. The molecule has 0 N–H and O–H groups in total. The first-order chi connectivity index (χ1) is 9.90. The molecule has 0 aliphatic rings. The maximum atomic E-state index is 8.80. The standard InChI is InChI=1S/C16H19N3OS/c1-11(13-7-5-12(9-17)6-8-13)21-10-14-18-19-15(20-14)16(2,3)4/h5-8,11H,10H2,1-4H3. The van der Waals surface area contributed by atoms with E-state index in [-0.39, 0.29) is 5.41 Å². The maximum absolute atomic E-state index is 8.80. The molecule has 1 aromatic heterocycles. The zero-order chi connectivity index (χ0) is 15.5. The van der Waals surface area contributed by atoms with Crippen LogP contribution in [-0.4, -0.2) is 10.2 Å². The van der Waals surface area contributed by atoms with Crippen LogP contribution in [0.5, 0.6) is 0 Å². The lowest BCUT2D eigenvalue weighted by atomic mass is 9.97. The molecular formula is C16H19N3OS. The van der Waals surface area contributed by atoms with Gasteiger partial charge in [0.1, 0.15) is 0 Å². The van der Waals surface area contributed by atoms with Crippen molar-refractivity contribution in [3.05, 3.63) is 47.2 Å². The summed E-state index contributed by atoms with van der Waals surface area (Å²) < 4.78 is 5.68. The third-order valence-electron chi connectivity index (χ3n) is 3.07. The predicted molar refractivity (Wildman–Crippen MR) is 83.9 cm³/mol. The van der Waals surface area contributed by atoms with E-state index in [4.69, 9.17) is 9.68 Å². The molecule has 1 aromatic carbocycles. The molecule has 2 rings (SSSR count). The van der Waals surface area contributed by atoms with Crippen LogP contribution in [0.15, 0.2) is 28.7 Å². The van der Waals surface area contributed by atoms with Gasteiger partial charge in [-0.15, -0.1) is 22.0 Å². The molecule has 0 saturated carbocycles. The van der Waals surface area contributed by atoms with Gasteiger partial charge in [0.15, 0.2) is 0 Å². The summed E-state index contributed by atoms with van der Waals surface area (Å²) in [6, 6.07) is 9.80. The van der Waals surface area contributed by atoms with Crippen molar-refractivity contribution in [2.24, 2.45) is 0 Å². The lowest BCUT2D eigenvalue weighted by Gasteiger charge is -2.11. The lowest BCUT2D eigenvalue weighted by molar-refractivity contribution is 0.378. The van der Waals surface area contributed by atoms with Gasteiger partial charge >= 0.3 is 0 Å². The van der Waals surface area contributed by atoms with Crippen molar-refractivity contribution in [2.75, 3.05) is 0 Å². The number of nitriles is 1. The molecular weight excluding hydrogens is 282 g/mol. The van der Waals surface area contributed by atoms with Gasteiger partial charge in [0.2, 0.25) is 11.8 Å². The molecule has 0 spiro atoms. The Labute approximate surface area is 129 Å². The summed E-state index contributed by atoms with van der Waals surface area (Å²) in [6.45, 7) is 8.29. The first-order valence-corrected chi connectivity index (χ1v) is 7.89. The summed E-state index contributed by atoms with van der Waals surface area (Å²) in [4.78, 5) is 0. The van der Waals surface area contributed by atoms with Crippen LogP contribution in [0.3, 0.4) is 0 Å². The normalized spacial score (nSPS) is 12.9. The van der Waals surface area contributed by atoms with Crippen molar-refractivity contribution >= 4 is 11.8 Å². The number of thioether (sulfide) groups is 1. The van der Waals surface area contributed by atoms with Crippen molar-refractivity contribution < 1.29 is 4.42 Å². The predicted octanol–water partition coefficient (Wildman–Crippen LogP) is 4.23. The van der Waals surface area contributed by atoms with Gasteiger partial charge in [0, 0.05) is 10.7 Å². The second-order valence-electron chi connectivity index (χ2n) is 5.94. The van der Waals surface area contributed by atoms with Crippen LogP contribution < -0.4 is 0 Å². The van der Waals surface area contributed by atoms with Crippen molar-refractivity contribution in [3.63, 3.8) is 0 Å². The van der Waals surface area contributed by atoms with Gasteiger partial charge in [-0.3, -0.25) is 0 Å². The zero-order valence-corrected chi connectivity index (χ0v) is 13.6. The SMILES string of the molecule is CC(SCc1nnc(C(C)(C)C)o1)c1ccc(C#N)cc1. The average Bonchev–Trinajstić information content (AvgIpc) is 2.94. The molecule has 0 fully saturated rings. The van der Waals surface area contributed by atoms with Gasteiger partial charge < -0.3 is 4.42 Å². The van der Waals surface area contributed by atoms with E-state index in [9.17, 15) is 0 Å². The van der Waals surface area contributed by atoms with Crippen molar-refractivity contribution in [1.29, 1.82) is 5.26 Å². The van der Waals surface area contributed by atoms with E-state index in [0.29, 0.717) is 28.3 Å². The summed E-state index contributed by atoms with van der Waals surface area (Å²) in [5.41, 5.74) is 1.76. The van der Waals surface area contributed by atoms with Crippen molar-refractivity contribution in [3.8, 4) is 6.07 Å². The van der Waals surface area contributed by atoms with Gasteiger partial charge in [-0.25, -0.2) is 0 Å². The molecule has 4 nitrogen and oxygen atoms in total. The molecule has 0 aliphatic heterocycles. The number of benzene rings is 1. The Morgan fingerprint density at radius 3 is 2.43 bits per heavy atom. The summed E-state index contributed by atoms with van der Waals surface area (Å²) >= 11 is 1.74. The van der Waals surface area contributed by atoms with E-state index in [1.807, 2.05) is 24.3 Å². The smallest absolute Gasteiger partial charge is 0.226 e. The quantitative estimate of drug-likeness (QED) is 0.845. The molecule has 1 atom stereocenters. The van der Waals surface area contributed by atoms with Gasteiger partial charge in [0.05, 0.1) is 17.4 Å². The second kappa shape index (κ2) is 6.31. The van der Waals surface area contributed by atoms with Crippen molar-refractivity contribution in [2.45, 2.75) is 44.1 Å². The molecule has 0 amide bonds. The highest BCUT2D eigenvalue weighted by Crippen LogP contribution is 2.31. The van der Waals surface area contributed by atoms with Gasteiger partial charge in [-0.2, -0.15) is 5.26 Å². The number of hydrogen-bond acceptors (Lipinski definition) is 5. The number of aromatic nitrogens is 2. The van der Waals surface area contributed by atoms with Crippen LogP contribution >= 0.6 is 11.8 Å². The average molecular weight is 301 g/mol. The Balaban J connectivity index is 1.96. The highest BCUT2D eigenvalue weighted by atomic mass is 32.2. The van der Waals surface area contributed by atoms with Crippen LogP contribution in [0.25, 0.3) is 0 Å². The van der Waals surface area contributed by atoms with E-state index in [1.165, 1.54) is 5.56 Å². The van der Waals surface area contributed by atoms with Gasteiger partial charge in [0.25, 0.3) is 0 Å². The molecule has 0 bridgehead atoms. The Morgan fingerprint density at radius 2 is 1.90 bits per heavy atom. The molecule has 2 aromatic rings. The van der Waals surface area contributed by atoms with Crippen LogP contribution in [0.1, 0.15) is 55.9 Å². The Hall–Kier alpha value is -1.80. The zero-order valence-electron chi connectivity index (χ0n) is 12.8. The fourth-order valence-electron chi connectivity index (χ4n) is 1.74. The molecule has 110 valence electrons. The molecule has 0 radical (unpaired) electrons. The molecule has 1 unspecified atom stereocenters. The van der Waals surface area contributed by atoms with E-state index < -0.39 is 0 Å². The molecule has 0 aliphatic carbocycles. The lowest BCUT2D eigenvalue weighted by Crippen LogP contribution is -2.11. The molecule has 21 heavy (non-hydrogen) atoms. The third-order valence-corrected chi connectivity index (χ3v) is 4.26. The minimum atomic E-state index is -0.116. The van der Waals surface area contributed by atoms with Crippen LogP contribution in [0.2, 0.25) is 0 Å². The Kier molecular flexibility index (Phi) is 4.69. The van der Waals surface area contributed by atoms with Crippen LogP contribution in [0, 0.1) is 11.3 Å². The first-order valence-electron chi connectivity index (χ1n) is 6.84. The van der Waals surface area contributed by atoms with Crippen LogP contribution in [0.4, 0.5) is 0 Å². The van der Waals surface area contributed by atoms with Gasteiger partial charge in [-0.1, -0.05) is 32.9 Å². The van der Waals surface area contributed by atoms with E-state index in [2.05, 4.69) is 44.0 Å². The van der Waals surface area contributed by atoms with E-state index in [0.717, 1.165) is 0 Å². The number of hydrogen-bond donors (Lipinski definition) is 0. The van der Waals surface area contributed by atoms with E-state index in [1.54, 1.807) is 11.8 Å². The van der Waals surface area contributed by atoms with E-state index >= 15 is 0 Å². The maximum Gasteiger partial charge on any atom is 0.226 e. The monoisotopic (exact) mass is 301 g/mol. The highest BCUT2D eigenvalue weighted by Gasteiger charge is 2.21. The third kappa shape index (κ3) is 4.08. The van der Waals surface area contributed by atoms with Crippen molar-refractivity contribution in [1.82, 2.24) is 10.2 Å². The largest absolute Gasteiger partial charge is 0.424 e. The Morgan fingerprint density at radius 1 is 1.24 bits per heavy atom. The minimum Gasteiger partial charge on any atom is -0.424 e. The Bertz CT molecular complexity index is 635. The summed E-state index contributed by atoms with van der Waals surface area (Å²) in [5, 5.41) is 17.3. The van der Waals surface area contributed by atoms with Gasteiger partial charge in [-0.05, 0) is 24.6 Å². The summed E-state index contributed by atoms with van der Waals surface area (Å²) in [5.74, 6) is 2.01. The summed E-state index contributed by atoms with van der Waals surface area (Å²) in [6.07, 6.45) is 0. The molecule has 5 heteroatoms.